The third-order valence-corrected chi connectivity index (χ3v) is 1.98. The van der Waals surface area contributed by atoms with E-state index < -0.39 is 0 Å². The molecule has 1 rings (SSSR count). The summed E-state index contributed by atoms with van der Waals surface area (Å²) in [7, 11) is 0. The van der Waals surface area contributed by atoms with Crippen LogP contribution in [-0.2, 0) is 0 Å². The van der Waals surface area contributed by atoms with Crippen LogP contribution in [0.2, 0.25) is 5.02 Å². The molecule has 70 valence electrons. The van der Waals surface area contributed by atoms with Crippen LogP contribution in [0.15, 0.2) is 23.8 Å². The van der Waals surface area contributed by atoms with E-state index in [1.807, 2.05) is 6.07 Å². The van der Waals surface area contributed by atoms with Gasteiger partial charge in [0.15, 0.2) is 0 Å². The second kappa shape index (κ2) is 4.82. The molecule has 0 unspecified atom stereocenters. The zero-order chi connectivity index (χ0) is 11.3. The molecule has 1 aromatic carbocycles. The Morgan fingerprint density at radius 2 is 1.87 bits per heavy atom. The minimum absolute atomic E-state index is 0.00391. The van der Waals surface area contributed by atoms with Crippen molar-refractivity contribution in [2.75, 3.05) is 0 Å². The maximum atomic E-state index is 8.63. The van der Waals surface area contributed by atoms with Crippen molar-refractivity contribution in [3.05, 3.63) is 39.9 Å². The quantitative estimate of drug-likeness (QED) is 0.674. The van der Waals surface area contributed by atoms with Gasteiger partial charge in [-0.15, -0.1) is 0 Å². The summed E-state index contributed by atoms with van der Waals surface area (Å²) in [5.41, 5.74) is 0.983. The minimum Gasteiger partial charge on any atom is -0.192 e. The summed E-state index contributed by atoms with van der Waals surface area (Å²) in [5, 5.41) is 26.0. The Morgan fingerprint density at radius 3 is 2.33 bits per heavy atom. The zero-order valence-electron chi connectivity index (χ0n) is 7.53. The molecule has 15 heavy (non-hydrogen) atoms. The number of allylic oxidation sites excluding steroid dienone is 1. The maximum absolute atomic E-state index is 8.63. The molecule has 0 amide bonds. The third-order valence-electron chi connectivity index (χ3n) is 1.67. The first-order chi connectivity index (χ1) is 7.21. The highest BCUT2D eigenvalue weighted by molar-refractivity contribution is 6.31. The number of halogens is 1. The van der Waals surface area contributed by atoms with Crippen molar-refractivity contribution in [1.82, 2.24) is 0 Å². The van der Waals surface area contributed by atoms with E-state index in [1.165, 1.54) is 12.1 Å². The second-order valence-corrected chi connectivity index (χ2v) is 3.04. The largest absolute Gasteiger partial charge is 0.192 e. The van der Waals surface area contributed by atoms with Crippen molar-refractivity contribution in [2.45, 2.75) is 0 Å². The Hall–Kier alpha value is -2.28. The molecule has 0 aliphatic rings. The molecule has 4 heteroatoms. The highest BCUT2D eigenvalue weighted by Crippen LogP contribution is 2.18. The van der Waals surface area contributed by atoms with Crippen LogP contribution in [0.1, 0.15) is 11.1 Å². The summed E-state index contributed by atoms with van der Waals surface area (Å²) >= 11 is 5.78. The van der Waals surface area contributed by atoms with E-state index in [9.17, 15) is 0 Å². The fourth-order valence-electron chi connectivity index (χ4n) is 0.968. The Kier molecular flexibility index (Phi) is 3.47. The smallest absolute Gasteiger partial charge is 0.130 e. The van der Waals surface area contributed by atoms with E-state index in [4.69, 9.17) is 27.4 Å². The van der Waals surface area contributed by atoms with Crippen LogP contribution in [0.25, 0.3) is 6.08 Å². The lowest BCUT2D eigenvalue weighted by molar-refractivity contribution is 1.46. The van der Waals surface area contributed by atoms with E-state index in [2.05, 4.69) is 0 Å². The number of benzene rings is 1. The Labute approximate surface area is 92.0 Å². The Balaban J connectivity index is 3.18. The lowest BCUT2D eigenvalue weighted by Crippen LogP contribution is -1.80. The van der Waals surface area contributed by atoms with Crippen molar-refractivity contribution in [2.24, 2.45) is 0 Å². The standard InChI is InChI=1S/C11H4ClN3/c12-11-4-8(1-2-10(11)7-15)3-9(5-13)6-14/h1-4H. The monoisotopic (exact) mass is 213 g/mol. The lowest BCUT2D eigenvalue weighted by atomic mass is 10.1. The summed E-state index contributed by atoms with van der Waals surface area (Å²) in [6.07, 6.45) is 1.41. The van der Waals surface area contributed by atoms with Gasteiger partial charge in [0.05, 0.1) is 10.6 Å². The van der Waals surface area contributed by atoms with Gasteiger partial charge < -0.3 is 0 Å². The Bertz CT molecular complexity index is 522. The van der Waals surface area contributed by atoms with Crippen molar-refractivity contribution in [1.29, 1.82) is 15.8 Å². The summed E-state index contributed by atoms with van der Waals surface area (Å²) in [6.45, 7) is 0. The van der Waals surface area contributed by atoms with Crippen LogP contribution in [0.3, 0.4) is 0 Å². The third kappa shape index (κ3) is 2.58. The lowest BCUT2D eigenvalue weighted by Gasteiger charge is -1.96. The number of hydrogen-bond donors (Lipinski definition) is 0. The van der Waals surface area contributed by atoms with E-state index in [-0.39, 0.29) is 5.57 Å². The van der Waals surface area contributed by atoms with Crippen LogP contribution < -0.4 is 0 Å². The molecule has 0 aliphatic carbocycles. The SMILES string of the molecule is N#CC(C#N)=Cc1ccc(C#N)c(Cl)c1. The number of nitrogens with zero attached hydrogens (tertiary/aromatic N) is 3. The molecule has 0 radical (unpaired) electrons. The van der Waals surface area contributed by atoms with Gasteiger partial charge in [-0.2, -0.15) is 15.8 Å². The van der Waals surface area contributed by atoms with Gasteiger partial charge in [0.1, 0.15) is 23.8 Å². The first-order valence-corrected chi connectivity index (χ1v) is 4.30. The molecule has 0 aromatic heterocycles. The predicted octanol–water partition coefficient (Wildman–Crippen LogP) is 2.64. The molecule has 0 saturated heterocycles. The van der Waals surface area contributed by atoms with Gasteiger partial charge in [-0.1, -0.05) is 17.7 Å². The topological polar surface area (TPSA) is 71.4 Å². The highest BCUT2D eigenvalue weighted by Gasteiger charge is 2.00. The van der Waals surface area contributed by atoms with Crippen LogP contribution in [0, 0.1) is 34.0 Å². The average molecular weight is 214 g/mol. The summed E-state index contributed by atoms with van der Waals surface area (Å²) < 4.78 is 0. The molecule has 0 N–H and O–H groups in total. The van der Waals surface area contributed by atoms with E-state index in [1.54, 1.807) is 24.3 Å². The van der Waals surface area contributed by atoms with Crippen molar-refractivity contribution in [3.63, 3.8) is 0 Å². The second-order valence-electron chi connectivity index (χ2n) is 2.63. The first kappa shape index (κ1) is 10.8. The van der Waals surface area contributed by atoms with E-state index in [0.29, 0.717) is 16.1 Å². The molecular formula is C11H4ClN3. The molecule has 0 saturated carbocycles. The Morgan fingerprint density at radius 1 is 1.20 bits per heavy atom. The molecule has 0 atom stereocenters. The molecule has 0 bridgehead atoms. The normalized spacial score (nSPS) is 8.13. The van der Waals surface area contributed by atoms with Crippen molar-refractivity contribution >= 4 is 17.7 Å². The fraction of sp³-hybridized carbons (Fsp3) is 0. The van der Waals surface area contributed by atoms with Gasteiger partial charge >= 0.3 is 0 Å². The summed E-state index contributed by atoms with van der Waals surface area (Å²) in [6, 6.07) is 10.1. The van der Waals surface area contributed by atoms with Crippen LogP contribution in [0.5, 0.6) is 0 Å². The molecule has 0 aliphatic heterocycles. The molecule has 0 fully saturated rings. The first-order valence-electron chi connectivity index (χ1n) is 3.93. The van der Waals surface area contributed by atoms with Gasteiger partial charge in [0.2, 0.25) is 0 Å². The fourth-order valence-corrected chi connectivity index (χ4v) is 1.20. The average Bonchev–Trinajstić information content (AvgIpc) is 2.26. The predicted molar refractivity (Wildman–Crippen MR) is 55.4 cm³/mol. The van der Waals surface area contributed by atoms with Gasteiger partial charge in [-0.05, 0) is 23.8 Å². The van der Waals surface area contributed by atoms with Crippen LogP contribution in [-0.4, -0.2) is 0 Å². The maximum Gasteiger partial charge on any atom is 0.130 e. The zero-order valence-corrected chi connectivity index (χ0v) is 8.28. The van der Waals surface area contributed by atoms with Gasteiger partial charge in [0.25, 0.3) is 0 Å². The number of rotatable bonds is 1. The van der Waals surface area contributed by atoms with E-state index in [0.717, 1.165) is 0 Å². The molecule has 0 heterocycles. The van der Waals surface area contributed by atoms with Crippen LogP contribution >= 0.6 is 11.6 Å². The number of nitriles is 3. The summed E-state index contributed by atoms with van der Waals surface area (Å²) in [4.78, 5) is 0. The highest BCUT2D eigenvalue weighted by atomic mass is 35.5. The molecule has 3 nitrogen and oxygen atoms in total. The van der Waals surface area contributed by atoms with Crippen LogP contribution in [0.4, 0.5) is 0 Å². The van der Waals surface area contributed by atoms with Gasteiger partial charge in [-0.3, -0.25) is 0 Å². The van der Waals surface area contributed by atoms with Crippen molar-refractivity contribution in [3.8, 4) is 18.2 Å². The van der Waals surface area contributed by atoms with Crippen molar-refractivity contribution < 1.29 is 0 Å². The summed E-state index contributed by atoms with van der Waals surface area (Å²) in [5.74, 6) is 0. The molecule has 1 aromatic rings. The van der Waals surface area contributed by atoms with Gasteiger partial charge in [-0.25, -0.2) is 0 Å². The molecule has 0 spiro atoms. The number of hydrogen-bond acceptors (Lipinski definition) is 3. The van der Waals surface area contributed by atoms with E-state index >= 15 is 0 Å². The minimum atomic E-state index is -0.00391. The molecular weight excluding hydrogens is 210 g/mol. The van der Waals surface area contributed by atoms with Gasteiger partial charge in [0, 0.05) is 0 Å².